The number of nitrogens with one attached hydrogen (secondary N) is 1. The number of thiocarbonyl (C=S) groups is 1. The molecular formula is C14H18N2O2S. The first-order valence-electron chi connectivity index (χ1n) is 6.37. The number of carbonyl (C=O) groups excluding carboxylic acids is 1. The zero-order valence-corrected chi connectivity index (χ0v) is 11.7. The summed E-state index contributed by atoms with van der Waals surface area (Å²) in [5, 5.41) is 12.4. The number of nitrogens with two attached hydrogens (primary N) is 1. The van der Waals surface area contributed by atoms with Crippen LogP contribution in [0.15, 0.2) is 18.2 Å². The summed E-state index contributed by atoms with van der Waals surface area (Å²) in [5.41, 5.74) is 6.53. The molecule has 0 saturated heterocycles. The first-order chi connectivity index (χ1) is 8.94. The van der Waals surface area contributed by atoms with Crippen LogP contribution in [0.1, 0.15) is 41.6 Å². The minimum absolute atomic E-state index is 0.152. The van der Waals surface area contributed by atoms with E-state index in [1.807, 2.05) is 0 Å². The number of hydrogen-bond donors (Lipinski definition) is 3. The summed E-state index contributed by atoms with van der Waals surface area (Å²) >= 11 is 5.11. The molecule has 1 aliphatic rings. The third-order valence-electron chi connectivity index (χ3n) is 3.74. The average Bonchev–Trinajstić information content (AvgIpc) is 2.78. The van der Waals surface area contributed by atoms with Crippen molar-refractivity contribution in [3.05, 3.63) is 29.3 Å². The van der Waals surface area contributed by atoms with Crippen molar-refractivity contribution in [2.24, 2.45) is 5.73 Å². The van der Waals surface area contributed by atoms with Gasteiger partial charge in [-0.05, 0) is 43.5 Å². The number of phenols is 1. The largest absolute Gasteiger partial charge is 0.508 e. The van der Waals surface area contributed by atoms with E-state index in [4.69, 9.17) is 18.0 Å². The van der Waals surface area contributed by atoms with Gasteiger partial charge in [0.15, 0.2) is 0 Å². The SMILES string of the molecule is Cc1cc(O)ccc1C(=O)NC1(C(N)=S)CCCC1. The van der Waals surface area contributed by atoms with Gasteiger partial charge in [-0.2, -0.15) is 0 Å². The molecule has 0 spiro atoms. The predicted octanol–water partition coefficient (Wildman–Crippen LogP) is 2.03. The van der Waals surface area contributed by atoms with Gasteiger partial charge in [0.2, 0.25) is 0 Å². The molecule has 2 rings (SSSR count). The van der Waals surface area contributed by atoms with Crippen LogP contribution in [0.2, 0.25) is 0 Å². The van der Waals surface area contributed by atoms with E-state index in [2.05, 4.69) is 5.32 Å². The number of phenolic OH excluding ortho intramolecular Hbond substituents is 1. The Morgan fingerprint density at radius 2 is 2.05 bits per heavy atom. The normalized spacial score (nSPS) is 17.1. The topological polar surface area (TPSA) is 75.3 Å². The fourth-order valence-electron chi connectivity index (χ4n) is 2.60. The molecule has 1 fully saturated rings. The molecule has 4 nitrogen and oxygen atoms in total. The molecule has 0 radical (unpaired) electrons. The lowest BCUT2D eigenvalue weighted by atomic mass is 9.96. The maximum absolute atomic E-state index is 12.3. The van der Waals surface area contributed by atoms with Gasteiger partial charge in [-0.1, -0.05) is 25.1 Å². The second kappa shape index (κ2) is 5.17. The molecule has 19 heavy (non-hydrogen) atoms. The van der Waals surface area contributed by atoms with E-state index in [9.17, 15) is 9.90 Å². The molecule has 0 aliphatic heterocycles. The van der Waals surface area contributed by atoms with Gasteiger partial charge in [0.25, 0.3) is 5.91 Å². The second-order valence-electron chi connectivity index (χ2n) is 5.11. The van der Waals surface area contributed by atoms with E-state index in [0.29, 0.717) is 10.6 Å². The van der Waals surface area contributed by atoms with Gasteiger partial charge in [0.1, 0.15) is 5.75 Å². The number of rotatable bonds is 3. The Morgan fingerprint density at radius 3 is 2.58 bits per heavy atom. The summed E-state index contributed by atoms with van der Waals surface area (Å²) in [4.78, 5) is 12.7. The van der Waals surface area contributed by atoms with Crippen molar-refractivity contribution in [3.8, 4) is 5.75 Å². The van der Waals surface area contributed by atoms with E-state index in [-0.39, 0.29) is 11.7 Å². The molecule has 1 aliphatic carbocycles. The molecule has 5 heteroatoms. The molecule has 1 aromatic rings. The monoisotopic (exact) mass is 278 g/mol. The minimum atomic E-state index is -0.545. The average molecular weight is 278 g/mol. The summed E-state index contributed by atoms with van der Waals surface area (Å²) in [7, 11) is 0. The predicted molar refractivity (Wildman–Crippen MR) is 78.3 cm³/mol. The van der Waals surface area contributed by atoms with Crippen LogP contribution in [0.3, 0.4) is 0 Å². The quantitative estimate of drug-likeness (QED) is 0.740. The number of aromatic hydroxyl groups is 1. The van der Waals surface area contributed by atoms with Crippen LogP contribution >= 0.6 is 12.2 Å². The molecule has 1 aromatic carbocycles. The number of carbonyl (C=O) groups is 1. The summed E-state index contributed by atoms with van der Waals surface area (Å²) in [5.74, 6) is -0.0359. The summed E-state index contributed by atoms with van der Waals surface area (Å²) < 4.78 is 0. The van der Waals surface area contributed by atoms with Crippen LogP contribution in [0, 0.1) is 6.92 Å². The minimum Gasteiger partial charge on any atom is -0.508 e. The molecule has 1 amide bonds. The van der Waals surface area contributed by atoms with Crippen molar-refractivity contribution in [2.75, 3.05) is 0 Å². The van der Waals surface area contributed by atoms with Crippen LogP contribution in [0.25, 0.3) is 0 Å². The molecule has 4 N–H and O–H groups in total. The van der Waals surface area contributed by atoms with E-state index >= 15 is 0 Å². The fraction of sp³-hybridized carbons (Fsp3) is 0.429. The molecular weight excluding hydrogens is 260 g/mol. The van der Waals surface area contributed by atoms with Crippen molar-refractivity contribution in [3.63, 3.8) is 0 Å². The van der Waals surface area contributed by atoms with Crippen molar-refractivity contribution in [2.45, 2.75) is 38.1 Å². The zero-order valence-electron chi connectivity index (χ0n) is 10.9. The third kappa shape index (κ3) is 2.71. The van der Waals surface area contributed by atoms with Gasteiger partial charge in [-0.3, -0.25) is 4.79 Å². The van der Waals surface area contributed by atoms with Crippen LogP contribution < -0.4 is 11.1 Å². The van der Waals surface area contributed by atoms with E-state index in [1.165, 1.54) is 6.07 Å². The van der Waals surface area contributed by atoms with Crippen molar-refractivity contribution < 1.29 is 9.90 Å². The highest BCUT2D eigenvalue weighted by Crippen LogP contribution is 2.30. The summed E-state index contributed by atoms with van der Waals surface area (Å²) in [6.07, 6.45) is 3.63. The Kier molecular flexibility index (Phi) is 3.75. The molecule has 0 aromatic heterocycles. The maximum atomic E-state index is 12.3. The van der Waals surface area contributed by atoms with E-state index in [1.54, 1.807) is 19.1 Å². The summed E-state index contributed by atoms with van der Waals surface area (Å²) in [6.45, 7) is 1.79. The Labute approximate surface area is 118 Å². The molecule has 1 saturated carbocycles. The molecule has 0 atom stereocenters. The Balaban J connectivity index is 2.22. The molecule has 102 valence electrons. The van der Waals surface area contributed by atoms with Crippen LogP contribution in [-0.2, 0) is 0 Å². The highest BCUT2D eigenvalue weighted by atomic mass is 32.1. The standard InChI is InChI=1S/C14H18N2O2S/c1-9-8-10(17)4-5-11(9)12(18)16-14(13(15)19)6-2-3-7-14/h4-5,8,17H,2-3,6-7H2,1H3,(H2,15,19)(H,16,18). The Bertz CT molecular complexity index is 522. The van der Waals surface area contributed by atoms with Crippen molar-refractivity contribution in [1.82, 2.24) is 5.32 Å². The van der Waals surface area contributed by atoms with E-state index < -0.39 is 5.54 Å². The highest BCUT2D eigenvalue weighted by molar-refractivity contribution is 7.80. The number of hydrogen-bond acceptors (Lipinski definition) is 3. The Hall–Kier alpha value is -1.62. The maximum Gasteiger partial charge on any atom is 0.252 e. The zero-order chi connectivity index (χ0) is 14.0. The summed E-state index contributed by atoms with van der Waals surface area (Å²) in [6, 6.07) is 4.68. The molecule has 0 unspecified atom stereocenters. The van der Waals surface area contributed by atoms with Gasteiger partial charge < -0.3 is 16.2 Å². The lowest BCUT2D eigenvalue weighted by Crippen LogP contribution is -2.54. The van der Waals surface area contributed by atoms with Crippen LogP contribution in [0.5, 0.6) is 5.75 Å². The van der Waals surface area contributed by atoms with Gasteiger partial charge in [0, 0.05) is 5.56 Å². The molecule has 0 heterocycles. The van der Waals surface area contributed by atoms with Crippen LogP contribution in [0.4, 0.5) is 0 Å². The third-order valence-corrected chi connectivity index (χ3v) is 4.13. The lowest BCUT2D eigenvalue weighted by Gasteiger charge is -2.29. The van der Waals surface area contributed by atoms with E-state index in [0.717, 1.165) is 31.2 Å². The van der Waals surface area contributed by atoms with Gasteiger partial charge in [-0.25, -0.2) is 0 Å². The smallest absolute Gasteiger partial charge is 0.252 e. The highest BCUT2D eigenvalue weighted by Gasteiger charge is 2.38. The lowest BCUT2D eigenvalue weighted by molar-refractivity contribution is 0.0924. The van der Waals surface area contributed by atoms with Gasteiger partial charge in [0.05, 0.1) is 10.5 Å². The van der Waals surface area contributed by atoms with Crippen molar-refractivity contribution in [1.29, 1.82) is 0 Å². The first-order valence-corrected chi connectivity index (χ1v) is 6.77. The number of aryl methyl sites for hydroxylation is 1. The fourth-order valence-corrected chi connectivity index (χ4v) is 2.85. The Morgan fingerprint density at radius 1 is 1.42 bits per heavy atom. The van der Waals surface area contributed by atoms with Gasteiger partial charge >= 0.3 is 0 Å². The number of benzene rings is 1. The molecule has 0 bridgehead atoms. The number of amides is 1. The first kappa shape index (κ1) is 13.8. The van der Waals surface area contributed by atoms with Crippen LogP contribution in [-0.4, -0.2) is 21.5 Å². The van der Waals surface area contributed by atoms with Gasteiger partial charge in [-0.15, -0.1) is 0 Å². The van der Waals surface area contributed by atoms with Crippen molar-refractivity contribution >= 4 is 23.1 Å². The second-order valence-corrected chi connectivity index (χ2v) is 5.55.